The fourth-order valence-corrected chi connectivity index (χ4v) is 3.39. The third-order valence-electron chi connectivity index (χ3n) is 4.90. The van der Waals surface area contributed by atoms with E-state index in [2.05, 4.69) is 0 Å². The van der Waals surface area contributed by atoms with Crippen molar-refractivity contribution in [2.45, 2.75) is 6.92 Å². The van der Waals surface area contributed by atoms with Gasteiger partial charge in [-0.05, 0) is 43.3 Å². The zero-order valence-electron chi connectivity index (χ0n) is 16.6. The zero-order chi connectivity index (χ0) is 22.0. The van der Waals surface area contributed by atoms with Crippen molar-refractivity contribution in [3.63, 3.8) is 0 Å². The van der Waals surface area contributed by atoms with Gasteiger partial charge >= 0.3 is 5.97 Å². The second-order valence-corrected chi connectivity index (χ2v) is 7.38. The molecule has 0 saturated carbocycles. The van der Waals surface area contributed by atoms with Gasteiger partial charge in [0.15, 0.2) is 23.4 Å². The maximum absolute atomic E-state index is 12.9. The molecule has 0 radical (unpaired) electrons. The molecular weight excluding hydrogens is 416 g/mol. The van der Waals surface area contributed by atoms with Gasteiger partial charge < -0.3 is 9.15 Å². The number of carbonyl (C=O) groups excluding carboxylic acids is 2. The minimum atomic E-state index is -0.751. The molecule has 1 heterocycles. The molecule has 0 bridgehead atoms. The van der Waals surface area contributed by atoms with Gasteiger partial charge in [-0.1, -0.05) is 48.0 Å². The molecule has 0 saturated heterocycles. The molecule has 0 aliphatic heterocycles. The van der Waals surface area contributed by atoms with Crippen molar-refractivity contribution in [1.82, 2.24) is 0 Å². The van der Waals surface area contributed by atoms with Crippen molar-refractivity contribution in [1.29, 1.82) is 0 Å². The lowest BCUT2D eigenvalue weighted by Gasteiger charge is -2.10. The molecule has 3 aromatic carbocycles. The van der Waals surface area contributed by atoms with Crippen LogP contribution in [0.25, 0.3) is 22.3 Å². The Morgan fingerprint density at radius 3 is 2.35 bits per heavy atom. The molecule has 0 atom stereocenters. The maximum Gasteiger partial charge on any atom is 0.342 e. The van der Waals surface area contributed by atoms with Gasteiger partial charge in [-0.15, -0.1) is 0 Å². The summed E-state index contributed by atoms with van der Waals surface area (Å²) in [4.78, 5) is 37.9. The summed E-state index contributed by atoms with van der Waals surface area (Å²) in [7, 11) is 0. The number of esters is 1. The highest BCUT2D eigenvalue weighted by molar-refractivity contribution is 6.30. The number of para-hydroxylation sites is 1. The smallest absolute Gasteiger partial charge is 0.342 e. The average molecular weight is 433 g/mol. The standard InChI is InChI=1S/C25H17ClO5/c1-15-22(28)19-8-5-9-20(24(19)31-23(15)17-6-3-2-4-7-17)25(29)30-14-21(27)16-10-12-18(26)13-11-16/h2-13H,14H2,1H3. The number of fused-ring (bicyclic) bond motifs is 1. The molecule has 154 valence electrons. The molecule has 1 aromatic heterocycles. The topological polar surface area (TPSA) is 73.6 Å². The number of ether oxygens (including phenoxy) is 1. The van der Waals surface area contributed by atoms with Crippen LogP contribution in [0.2, 0.25) is 5.02 Å². The summed E-state index contributed by atoms with van der Waals surface area (Å²) in [6.07, 6.45) is 0. The Morgan fingerprint density at radius 1 is 0.935 bits per heavy atom. The lowest BCUT2D eigenvalue weighted by Crippen LogP contribution is -2.15. The second kappa shape index (κ2) is 8.58. The van der Waals surface area contributed by atoms with Gasteiger partial charge in [-0.3, -0.25) is 9.59 Å². The number of rotatable bonds is 5. The van der Waals surface area contributed by atoms with Gasteiger partial charge in [0, 0.05) is 21.7 Å². The van der Waals surface area contributed by atoms with Crippen LogP contribution in [0.15, 0.2) is 82.0 Å². The fourth-order valence-electron chi connectivity index (χ4n) is 3.26. The first-order valence-electron chi connectivity index (χ1n) is 9.53. The lowest BCUT2D eigenvalue weighted by molar-refractivity contribution is 0.0475. The van der Waals surface area contributed by atoms with Crippen molar-refractivity contribution < 1.29 is 18.7 Å². The van der Waals surface area contributed by atoms with Crippen LogP contribution in [0.1, 0.15) is 26.3 Å². The predicted molar refractivity (Wildman–Crippen MR) is 119 cm³/mol. The summed E-state index contributed by atoms with van der Waals surface area (Å²) >= 11 is 5.83. The van der Waals surface area contributed by atoms with Crippen LogP contribution < -0.4 is 5.43 Å². The highest BCUT2D eigenvalue weighted by Gasteiger charge is 2.20. The predicted octanol–water partition coefficient (Wildman–Crippen LogP) is 5.46. The van der Waals surface area contributed by atoms with Gasteiger partial charge in [-0.2, -0.15) is 0 Å². The Morgan fingerprint density at radius 2 is 1.65 bits per heavy atom. The number of benzene rings is 3. The summed E-state index contributed by atoms with van der Waals surface area (Å²) in [6.45, 7) is 1.24. The van der Waals surface area contributed by atoms with Gasteiger partial charge in [0.2, 0.25) is 0 Å². The van der Waals surface area contributed by atoms with Gasteiger partial charge in [0.05, 0.1) is 5.39 Å². The molecule has 4 rings (SSSR count). The van der Waals surface area contributed by atoms with Crippen molar-refractivity contribution in [2.24, 2.45) is 0 Å². The first-order chi connectivity index (χ1) is 15.0. The maximum atomic E-state index is 12.9. The van der Waals surface area contributed by atoms with E-state index in [0.717, 1.165) is 5.56 Å². The summed E-state index contributed by atoms with van der Waals surface area (Å²) in [5.41, 5.74) is 1.52. The molecule has 0 aliphatic carbocycles. The van der Waals surface area contributed by atoms with Gasteiger partial charge in [0.25, 0.3) is 0 Å². The highest BCUT2D eigenvalue weighted by atomic mass is 35.5. The Bertz CT molecular complexity index is 1340. The van der Waals surface area contributed by atoms with Gasteiger partial charge in [0.1, 0.15) is 11.3 Å². The molecule has 5 nitrogen and oxygen atoms in total. The van der Waals surface area contributed by atoms with Crippen molar-refractivity contribution >= 4 is 34.3 Å². The van der Waals surface area contributed by atoms with E-state index in [-0.39, 0.29) is 27.7 Å². The first kappa shape index (κ1) is 20.6. The van der Waals surface area contributed by atoms with Crippen molar-refractivity contribution in [2.75, 3.05) is 6.61 Å². The Balaban J connectivity index is 1.68. The molecular formula is C25H17ClO5. The Labute approximate surface area is 182 Å². The number of hydrogen-bond donors (Lipinski definition) is 0. The third kappa shape index (κ3) is 4.13. The van der Waals surface area contributed by atoms with Crippen molar-refractivity contribution in [3.8, 4) is 11.3 Å². The van der Waals surface area contributed by atoms with Crippen LogP contribution in [0.3, 0.4) is 0 Å². The Hall–Kier alpha value is -3.70. The molecule has 0 spiro atoms. The summed E-state index contributed by atoms with van der Waals surface area (Å²) in [6, 6.07) is 20.1. The quantitative estimate of drug-likeness (QED) is 0.309. The third-order valence-corrected chi connectivity index (χ3v) is 5.15. The molecule has 31 heavy (non-hydrogen) atoms. The second-order valence-electron chi connectivity index (χ2n) is 6.94. The monoisotopic (exact) mass is 432 g/mol. The SMILES string of the molecule is Cc1c(-c2ccccc2)oc2c(C(=O)OCC(=O)c3ccc(Cl)cc3)cccc2c1=O. The van der Waals surface area contributed by atoms with Crippen LogP contribution in [0.4, 0.5) is 0 Å². The number of Topliss-reactive ketones (excluding diaryl/α,β-unsaturated/α-hetero) is 1. The number of hydrogen-bond acceptors (Lipinski definition) is 5. The van der Waals surface area contributed by atoms with E-state index in [1.165, 1.54) is 6.07 Å². The average Bonchev–Trinajstić information content (AvgIpc) is 2.80. The van der Waals surface area contributed by atoms with E-state index in [4.69, 9.17) is 20.8 Å². The lowest BCUT2D eigenvalue weighted by atomic mass is 10.0. The summed E-state index contributed by atoms with van der Waals surface area (Å²) in [5.74, 6) is -0.734. The molecule has 4 aromatic rings. The molecule has 0 unspecified atom stereocenters. The van der Waals surface area contributed by atoms with E-state index in [1.54, 1.807) is 43.3 Å². The number of halogens is 1. The number of ketones is 1. The highest BCUT2D eigenvalue weighted by Crippen LogP contribution is 2.27. The molecule has 0 fully saturated rings. The summed E-state index contributed by atoms with van der Waals surface area (Å²) < 4.78 is 11.2. The fraction of sp³-hybridized carbons (Fsp3) is 0.0800. The molecule has 0 amide bonds. The van der Waals surface area contributed by atoms with Crippen LogP contribution in [0, 0.1) is 6.92 Å². The normalized spacial score (nSPS) is 10.8. The van der Waals surface area contributed by atoms with E-state index in [1.807, 2.05) is 30.3 Å². The van der Waals surface area contributed by atoms with E-state index < -0.39 is 12.6 Å². The minimum Gasteiger partial charge on any atom is -0.455 e. The van der Waals surface area contributed by atoms with Crippen LogP contribution in [0.5, 0.6) is 0 Å². The van der Waals surface area contributed by atoms with E-state index >= 15 is 0 Å². The Kier molecular flexibility index (Phi) is 5.69. The van der Waals surface area contributed by atoms with Crippen LogP contribution >= 0.6 is 11.6 Å². The largest absolute Gasteiger partial charge is 0.455 e. The molecule has 6 heteroatoms. The van der Waals surface area contributed by atoms with Crippen LogP contribution in [-0.2, 0) is 4.74 Å². The molecule has 0 N–H and O–H groups in total. The van der Waals surface area contributed by atoms with Crippen molar-refractivity contribution in [3.05, 3.63) is 105 Å². The van der Waals surface area contributed by atoms with E-state index in [0.29, 0.717) is 21.9 Å². The summed E-state index contributed by atoms with van der Waals surface area (Å²) in [5, 5.41) is 0.777. The zero-order valence-corrected chi connectivity index (χ0v) is 17.3. The number of carbonyl (C=O) groups is 2. The van der Waals surface area contributed by atoms with Gasteiger partial charge in [-0.25, -0.2) is 4.79 Å². The van der Waals surface area contributed by atoms with E-state index in [9.17, 15) is 14.4 Å². The van der Waals surface area contributed by atoms with Crippen LogP contribution in [-0.4, -0.2) is 18.4 Å². The molecule has 0 aliphatic rings. The first-order valence-corrected chi connectivity index (χ1v) is 9.91. The minimum absolute atomic E-state index is 0.0793.